The first-order valence-electron chi connectivity index (χ1n) is 9.94. The standard InChI is InChI=1S/C21H26N4O2/c26-20(23-17-9-4-10-18(15-17)25-14-6-12-22-25)19-11-5-13-24(19)21(27)16-7-2-1-3-8-16/h4,6,9-10,12,14-16,19H,1-3,5,7-8,11,13H2,(H,23,26)/t19-/m1/s1. The summed E-state index contributed by atoms with van der Waals surface area (Å²) in [6, 6.07) is 9.11. The molecule has 6 nitrogen and oxygen atoms in total. The lowest BCUT2D eigenvalue weighted by Crippen LogP contribution is -2.46. The van der Waals surface area contributed by atoms with Crippen molar-refractivity contribution >= 4 is 17.5 Å². The molecule has 1 aromatic heterocycles. The number of aromatic nitrogens is 2. The number of hydrogen-bond donors (Lipinski definition) is 1. The molecule has 1 aliphatic heterocycles. The van der Waals surface area contributed by atoms with Crippen LogP contribution in [0, 0.1) is 5.92 Å². The summed E-state index contributed by atoms with van der Waals surface area (Å²) in [4.78, 5) is 27.6. The Morgan fingerprint density at radius 2 is 1.89 bits per heavy atom. The minimum Gasteiger partial charge on any atom is -0.330 e. The van der Waals surface area contributed by atoms with E-state index in [4.69, 9.17) is 0 Å². The van der Waals surface area contributed by atoms with Gasteiger partial charge in [0.2, 0.25) is 11.8 Å². The number of nitrogens with zero attached hydrogens (tertiary/aromatic N) is 3. The minimum atomic E-state index is -0.354. The molecule has 0 radical (unpaired) electrons. The van der Waals surface area contributed by atoms with Crippen LogP contribution >= 0.6 is 0 Å². The zero-order chi connectivity index (χ0) is 18.6. The molecule has 2 amide bonds. The van der Waals surface area contributed by atoms with Crippen molar-refractivity contribution in [3.8, 4) is 5.69 Å². The highest BCUT2D eigenvalue weighted by Crippen LogP contribution is 2.29. The Morgan fingerprint density at radius 1 is 1.04 bits per heavy atom. The number of rotatable bonds is 4. The number of carbonyl (C=O) groups excluding carboxylic acids is 2. The molecule has 0 unspecified atom stereocenters. The lowest BCUT2D eigenvalue weighted by Gasteiger charge is -2.30. The number of carbonyl (C=O) groups is 2. The van der Waals surface area contributed by atoms with Crippen molar-refractivity contribution < 1.29 is 9.59 Å². The van der Waals surface area contributed by atoms with Crippen LogP contribution in [0.1, 0.15) is 44.9 Å². The SMILES string of the molecule is O=C(Nc1cccc(-n2cccn2)c1)[C@H]1CCCN1C(=O)C1CCCCC1. The van der Waals surface area contributed by atoms with Gasteiger partial charge in [0.15, 0.2) is 0 Å². The van der Waals surface area contributed by atoms with Crippen LogP contribution in [0.2, 0.25) is 0 Å². The second kappa shape index (κ2) is 7.94. The largest absolute Gasteiger partial charge is 0.330 e. The molecule has 1 saturated heterocycles. The fourth-order valence-electron chi connectivity index (χ4n) is 4.26. The van der Waals surface area contributed by atoms with Gasteiger partial charge in [0.05, 0.1) is 5.69 Å². The van der Waals surface area contributed by atoms with Crippen LogP contribution in [-0.2, 0) is 9.59 Å². The van der Waals surface area contributed by atoms with E-state index in [1.807, 2.05) is 41.4 Å². The van der Waals surface area contributed by atoms with Gasteiger partial charge in [-0.2, -0.15) is 5.10 Å². The molecule has 0 spiro atoms. The number of amides is 2. The molecule has 1 saturated carbocycles. The third kappa shape index (κ3) is 3.89. The van der Waals surface area contributed by atoms with Gasteiger partial charge in [-0.1, -0.05) is 25.3 Å². The highest BCUT2D eigenvalue weighted by atomic mass is 16.2. The Balaban J connectivity index is 1.44. The molecule has 1 N–H and O–H groups in total. The topological polar surface area (TPSA) is 67.2 Å². The first-order valence-corrected chi connectivity index (χ1v) is 9.94. The Hall–Kier alpha value is -2.63. The first-order chi connectivity index (χ1) is 13.2. The van der Waals surface area contributed by atoms with Gasteiger partial charge in [0, 0.05) is 30.5 Å². The van der Waals surface area contributed by atoms with Gasteiger partial charge in [-0.15, -0.1) is 0 Å². The summed E-state index contributed by atoms with van der Waals surface area (Å²) in [7, 11) is 0. The summed E-state index contributed by atoms with van der Waals surface area (Å²) in [5.74, 6) is 0.196. The van der Waals surface area contributed by atoms with E-state index in [9.17, 15) is 9.59 Å². The predicted octanol–water partition coefficient (Wildman–Crippen LogP) is 3.38. The van der Waals surface area contributed by atoms with Gasteiger partial charge < -0.3 is 10.2 Å². The molecular weight excluding hydrogens is 340 g/mol. The predicted molar refractivity (Wildman–Crippen MR) is 104 cm³/mol. The number of anilines is 1. The van der Waals surface area contributed by atoms with E-state index in [1.165, 1.54) is 6.42 Å². The molecule has 27 heavy (non-hydrogen) atoms. The van der Waals surface area contributed by atoms with Gasteiger partial charge in [0.1, 0.15) is 6.04 Å². The van der Waals surface area contributed by atoms with Crippen LogP contribution in [0.4, 0.5) is 5.69 Å². The Labute approximate surface area is 159 Å². The van der Waals surface area contributed by atoms with Crippen molar-refractivity contribution in [2.75, 3.05) is 11.9 Å². The van der Waals surface area contributed by atoms with Gasteiger partial charge in [-0.25, -0.2) is 4.68 Å². The van der Waals surface area contributed by atoms with Gasteiger partial charge in [0.25, 0.3) is 0 Å². The summed E-state index contributed by atoms with van der Waals surface area (Å²) in [6.45, 7) is 0.695. The van der Waals surface area contributed by atoms with E-state index >= 15 is 0 Å². The van der Waals surface area contributed by atoms with Crippen molar-refractivity contribution in [3.05, 3.63) is 42.7 Å². The fourth-order valence-corrected chi connectivity index (χ4v) is 4.26. The lowest BCUT2D eigenvalue weighted by atomic mass is 9.88. The Kier molecular flexibility index (Phi) is 5.23. The van der Waals surface area contributed by atoms with Crippen LogP contribution in [0.15, 0.2) is 42.7 Å². The minimum absolute atomic E-state index is 0.0886. The van der Waals surface area contributed by atoms with Gasteiger partial charge in [-0.05, 0) is 49.9 Å². The zero-order valence-corrected chi connectivity index (χ0v) is 15.5. The van der Waals surface area contributed by atoms with Crippen LogP contribution in [0.5, 0.6) is 0 Å². The fraction of sp³-hybridized carbons (Fsp3) is 0.476. The summed E-state index contributed by atoms with van der Waals surface area (Å²) in [5, 5.41) is 7.22. The number of nitrogens with one attached hydrogen (secondary N) is 1. The number of benzene rings is 1. The summed E-state index contributed by atoms with van der Waals surface area (Å²) in [5.41, 5.74) is 1.62. The second-order valence-corrected chi connectivity index (χ2v) is 7.51. The van der Waals surface area contributed by atoms with E-state index in [1.54, 1.807) is 10.9 Å². The van der Waals surface area contributed by atoms with Crippen molar-refractivity contribution in [1.29, 1.82) is 0 Å². The van der Waals surface area contributed by atoms with Crippen LogP contribution in [0.3, 0.4) is 0 Å². The molecule has 4 rings (SSSR count). The molecule has 1 aromatic carbocycles. The third-order valence-electron chi connectivity index (χ3n) is 5.68. The molecule has 0 bridgehead atoms. The average Bonchev–Trinajstić information content (AvgIpc) is 3.40. The highest BCUT2D eigenvalue weighted by Gasteiger charge is 2.37. The molecule has 142 valence electrons. The lowest BCUT2D eigenvalue weighted by molar-refractivity contribution is -0.141. The van der Waals surface area contributed by atoms with E-state index in [2.05, 4.69) is 10.4 Å². The molecule has 6 heteroatoms. The maximum absolute atomic E-state index is 12.9. The maximum Gasteiger partial charge on any atom is 0.247 e. The van der Waals surface area contributed by atoms with E-state index in [0.717, 1.165) is 49.9 Å². The van der Waals surface area contributed by atoms with E-state index in [-0.39, 0.29) is 23.8 Å². The molecular formula is C21H26N4O2. The highest BCUT2D eigenvalue weighted by molar-refractivity contribution is 5.98. The molecule has 2 aromatic rings. The summed E-state index contributed by atoms with van der Waals surface area (Å²) in [6.07, 6.45) is 10.6. The van der Waals surface area contributed by atoms with Crippen LogP contribution < -0.4 is 5.32 Å². The quantitative estimate of drug-likeness (QED) is 0.902. The van der Waals surface area contributed by atoms with Crippen LogP contribution in [-0.4, -0.2) is 39.1 Å². The van der Waals surface area contributed by atoms with E-state index in [0.29, 0.717) is 6.54 Å². The maximum atomic E-state index is 12.9. The first kappa shape index (κ1) is 17.8. The average molecular weight is 366 g/mol. The zero-order valence-electron chi connectivity index (χ0n) is 15.5. The van der Waals surface area contributed by atoms with Crippen LogP contribution in [0.25, 0.3) is 5.69 Å². The van der Waals surface area contributed by atoms with Crippen molar-refractivity contribution in [2.24, 2.45) is 5.92 Å². The third-order valence-corrected chi connectivity index (χ3v) is 5.68. The summed E-state index contributed by atoms with van der Waals surface area (Å²) < 4.78 is 1.75. The Morgan fingerprint density at radius 3 is 2.67 bits per heavy atom. The molecule has 2 aliphatic rings. The second-order valence-electron chi connectivity index (χ2n) is 7.51. The normalized spacial score (nSPS) is 20.6. The van der Waals surface area contributed by atoms with Crippen molar-refractivity contribution in [3.63, 3.8) is 0 Å². The summed E-state index contributed by atoms with van der Waals surface area (Å²) >= 11 is 0. The number of likely N-dealkylation sites (tertiary alicyclic amines) is 1. The van der Waals surface area contributed by atoms with E-state index < -0.39 is 0 Å². The van der Waals surface area contributed by atoms with Gasteiger partial charge >= 0.3 is 0 Å². The number of hydrogen-bond acceptors (Lipinski definition) is 3. The van der Waals surface area contributed by atoms with Crippen molar-refractivity contribution in [2.45, 2.75) is 51.0 Å². The van der Waals surface area contributed by atoms with Gasteiger partial charge in [-0.3, -0.25) is 9.59 Å². The van der Waals surface area contributed by atoms with Crippen molar-refractivity contribution in [1.82, 2.24) is 14.7 Å². The molecule has 2 fully saturated rings. The Bertz CT molecular complexity index is 796. The molecule has 1 aliphatic carbocycles. The monoisotopic (exact) mass is 366 g/mol. The molecule has 2 heterocycles. The smallest absolute Gasteiger partial charge is 0.247 e. The molecule has 1 atom stereocenters.